The maximum absolute atomic E-state index is 12.7. The lowest BCUT2D eigenvalue weighted by Gasteiger charge is -1.99. The van der Waals surface area contributed by atoms with E-state index in [1.165, 1.54) is 12.1 Å². The highest BCUT2D eigenvalue weighted by Crippen LogP contribution is 2.55. The summed E-state index contributed by atoms with van der Waals surface area (Å²) < 4.78 is 25.4. The maximum atomic E-state index is 12.7. The first-order valence-electron chi connectivity index (χ1n) is 4.19. The minimum Gasteiger partial charge on any atom is -0.211 e. The van der Waals surface area contributed by atoms with Crippen molar-refractivity contribution < 1.29 is 13.6 Å². The molecular weight excluding hydrogens is 188 g/mol. The molecule has 0 N–H and O–H groups in total. The Labute approximate surface area is 79.3 Å². The van der Waals surface area contributed by atoms with Crippen LogP contribution in [0.2, 0.25) is 0 Å². The molecule has 1 aromatic rings. The van der Waals surface area contributed by atoms with E-state index >= 15 is 0 Å². The van der Waals surface area contributed by atoms with Gasteiger partial charge in [0.25, 0.3) is 5.92 Å². The van der Waals surface area contributed by atoms with Crippen molar-refractivity contribution >= 4 is 11.8 Å². The Morgan fingerprint density at radius 1 is 1.50 bits per heavy atom. The van der Waals surface area contributed by atoms with Gasteiger partial charge in [0.15, 0.2) is 0 Å². The second-order valence-electron chi connectivity index (χ2n) is 3.32. The van der Waals surface area contributed by atoms with Crippen LogP contribution in [0.1, 0.15) is 17.9 Å². The Kier molecular flexibility index (Phi) is 1.93. The van der Waals surface area contributed by atoms with Gasteiger partial charge in [-0.15, -0.1) is 0 Å². The van der Waals surface area contributed by atoms with Crippen LogP contribution in [0, 0.1) is 0 Å². The van der Waals surface area contributed by atoms with E-state index in [-0.39, 0.29) is 6.42 Å². The van der Waals surface area contributed by atoms with Gasteiger partial charge in [0.05, 0.1) is 11.6 Å². The molecule has 4 heteroatoms. The van der Waals surface area contributed by atoms with Gasteiger partial charge >= 0.3 is 0 Å². The van der Waals surface area contributed by atoms with Crippen LogP contribution >= 0.6 is 0 Å². The van der Waals surface area contributed by atoms with Crippen LogP contribution in [-0.2, 0) is 4.79 Å². The second-order valence-corrected chi connectivity index (χ2v) is 3.32. The summed E-state index contributed by atoms with van der Waals surface area (Å²) >= 11 is 0. The maximum Gasteiger partial charge on any atom is 0.255 e. The van der Waals surface area contributed by atoms with Crippen LogP contribution in [0.25, 0.3) is 0 Å². The van der Waals surface area contributed by atoms with Crippen molar-refractivity contribution in [2.24, 2.45) is 4.99 Å². The molecule has 1 saturated carbocycles. The Bertz CT molecular complexity index is 410. The first kappa shape index (κ1) is 9.03. The molecule has 1 unspecified atom stereocenters. The van der Waals surface area contributed by atoms with Gasteiger partial charge in [-0.3, -0.25) is 0 Å². The third-order valence-corrected chi connectivity index (χ3v) is 2.27. The zero-order valence-corrected chi connectivity index (χ0v) is 7.21. The molecule has 0 saturated heterocycles. The first-order chi connectivity index (χ1) is 6.63. The fourth-order valence-corrected chi connectivity index (χ4v) is 1.44. The number of halogens is 2. The fourth-order valence-electron chi connectivity index (χ4n) is 1.44. The van der Waals surface area contributed by atoms with Crippen LogP contribution in [-0.4, -0.2) is 12.0 Å². The number of rotatable bonds is 2. The van der Waals surface area contributed by atoms with Gasteiger partial charge in [-0.05, 0) is 17.7 Å². The number of hydrogen-bond acceptors (Lipinski definition) is 2. The van der Waals surface area contributed by atoms with E-state index in [0.29, 0.717) is 11.3 Å². The van der Waals surface area contributed by atoms with Crippen LogP contribution < -0.4 is 0 Å². The van der Waals surface area contributed by atoms with Crippen molar-refractivity contribution in [1.82, 2.24) is 0 Å². The van der Waals surface area contributed by atoms with Crippen LogP contribution in [0.5, 0.6) is 0 Å². The summed E-state index contributed by atoms with van der Waals surface area (Å²) in [5.41, 5.74) is 0.909. The summed E-state index contributed by atoms with van der Waals surface area (Å²) in [7, 11) is 0. The van der Waals surface area contributed by atoms with Gasteiger partial charge in [-0.1, -0.05) is 12.1 Å². The normalized spacial score (nSPS) is 22.6. The molecule has 0 bridgehead atoms. The molecule has 0 aromatic heterocycles. The van der Waals surface area contributed by atoms with Crippen molar-refractivity contribution in [2.45, 2.75) is 18.3 Å². The number of alkyl halides is 2. The van der Waals surface area contributed by atoms with E-state index in [1.807, 2.05) is 0 Å². The van der Waals surface area contributed by atoms with E-state index in [1.54, 1.807) is 18.2 Å². The lowest BCUT2D eigenvalue weighted by Crippen LogP contribution is -1.92. The number of nitrogens with zero attached hydrogens (tertiary/aromatic N) is 1. The Morgan fingerprint density at radius 3 is 2.79 bits per heavy atom. The van der Waals surface area contributed by atoms with Gasteiger partial charge in [-0.25, -0.2) is 13.6 Å². The molecule has 0 heterocycles. The molecule has 1 fully saturated rings. The van der Waals surface area contributed by atoms with Gasteiger partial charge in [-0.2, -0.15) is 4.99 Å². The summed E-state index contributed by atoms with van der Waals surface area (Å²) in [5, 5.41) is 0. The summed E-state index contributed by atoms with van der Waals surface area (Å²) in [5.74, 6) is -3.28. The van der Waals surface area contributed by atoms with E-state index in [2.05, 4.69) is 4.99 Å². The molecule has 0 amide bonds. The highest BCUT2D eigenvalue weighted by Gasteiger charge is 2.57. The van der Waals surface area contributed by atoms with E-state index < -0.39 is 11.8 Å². The average molecular weight is 195 g/mol. The standard InChI is InChI=1S/C10H7F2NO/c11-10(12)5-9(10)7-2-1-3-8(4-7)13-6-14/h1-4,9H,5H2. The molecule has 1 atom stereocenters. The van der Waals surface area contributed by atoms with Crippen LogP contribution in [0.4, 0.5) is 14.5 Å². The number of carbonyl (C=O) groups excluding carboxylic acids is 1. The largest absolute Gasteiger partial charge is 0.255 e. The Morgan fingerprint density at radius 2 is 2.21 bits per heavy atom. The van der Waals surface area contributed by atoms with Crippen molar-refractivity contribution in [3.05, 3.63) is 29.8 Å². The predicted molar refractivity (Wildman–Crippen MR) is 46.5 cm³/mol. The number of isocyanates is 1. The SMILES string of the molecule is O=C=Nc1cccc(C2CC2(F)F)c1. The predicted octanol–water partition coefficient (Wildman–Crippen LogP) is 2.78. The zero-order chi connectivity index (χ0) is 10.2. The molecule has 2 nitrogen and oxygen atoms in total. The quantitative estimate of drug-likeness (QED) is 0.527. The highest BCUT2D eigenvalue weighted by molar-refractivity contribution is 5.51. The van der Waals surface area contributed by atoms with Crippen LogP contribution in [0.3, 0.4) is 0 Å². The summed E-state index contributed by atoms with van der Waals surface area (Å²) in [4.78, 5) is 13.3. The highest BCUT2D eigenvalue weighted by atomic mass is 19.3. The van der Waals surface area contributed by atoms with E-state index in [9.17, 15) is 13.6 Å². The molecule has 0 aliphatic heterocycles. The van der Waals surface area contributed by atoms with Crippen molar-refractivity contribution in [2.75, 3.05) is 0 Å². The molecule has 2 rings (SSSR count). The molecule has 14 heavy (non-hydrogen) atoms. The fraction of sp³-hybridized carbons (Fsp3) is 0.300. The zero-order valence-electron chi connectivity index (χ0n) is 7.21. The first-order valence-corrected chi connectivity index (χ1v) is 4.19. The molecule has 1 aliphatic carbocycles. The molecule has 72 valence electrons. The lowest BCUT2D eigenvalue weighted by atomic mass is 10.1. The van der Waals surface area contributed by atoms with Crippen LogP contribution in [0.15, 0.2) is 29.3 Å². The van der Waals surface area contributed by atoms with Gasteiger partial charge in [0, 0.05) is 6.42 Å². The molecule has 0 spiro atoms. The third-order valence-electron chi connectivity index (χ3n) is 2.27. The Balaban J connectivity index is 2.28. The van der Waals surface area contributed by atoms with Crippen molar-refractivity contribution in [1.29, 1.82) is 0 Å². The monoisotopic (exact) mass is 195 g/mol. The molecule has 0 radical (unpaired) electrons. The number of benzene rings is 1. The van der Waals surface area contributed by atoms with Crippen molar-refractivity contribution in [3.63, 3.8) is 0 Å². The van der Waals surface area contributed by atoms with Gasteiger partial charge in [0.2, 0.25) is 6.08 Å². The van der Waals surface area contributed by atoms with E-state index in [4.69, 9.17) is 0 Å². The number of hydrogen-bond donors (Lipinski definition) is 0. The minimum atomic E-state index is -2.58. The second kappa shape index (κ2) is 3.00. The summed E-state index contributed by atoms with van der Waals surface area (Å²) in [6.45, 7) is 0. The average Bonchev–Trinajstić information content (AvgIpc) is 2.76. The minimum absolute atomic E-state index is 0.110. The summed E-state index contributed by atoms with van der Waals surface area (Å²) in [6.07, 6.45) is 1.27. The van der Waals surface area contributed by atoms with E-state index in [0.717, 1.165) is 0 Å². The molecule has 1 aromatic carbocycles. The lowest BCUT2D eigenvalue weighted by molar-refractivity contribution is 0.112. The molecule has 1 aliphatic rings. The summed E-state index contributed by atoms with van der Waals surface area (Å²) in [6, 6.07) is 6.31. The van der Waals surface area contributed by atoms with Gasteiger partial charge in [0.1, 0.15) is 0 Å². The topological polar surface area (TPSA) is 29.4 Å². The third kappa shape index (κ3) is 1.56. The smallest absolute Gasteiger partial charge is 0.211 e. The Hall–Kier alpha value is -1.54. The van der Waals surface area contributed by atoms with Crippen molar-refractivity contribution in [3.8, 4) is 0 Å². The molecular formula is C10H7F2NO. The van der Waals surface area contributed by atoms with Gasteiger partial charge < -0.3 is 0 Å². The number of aliphatic imine (C=N–C) groups is 1.